The molecule has 1 aromatic heterocycles. The molecule has 0 unspecified atom stereocenters. The van der Waals surface area contributed by atoms with E-state index in [1.54, 1.807) is 67.8 Å². The van der Waals surface area contributed by atoms with Crippen LogP contribution < -0.4 is 14.9 Å². The molecular weight excluding hydrogens is 638 g/mol. The van der Waals surface area contributed by atoms with Gasteiger partial charge in [-0.1, -0.05) is 40.2 Å². The van der Waals surface area contributed by atoms with Gasteiger partial charge < -0.3 is 9.47 Å². The summed E-state index contributed by atoms with van der Waals surface area (Å²) < 4.78 is 12.4. The molecule has 4 aromatic carbocycles. The molecule has 0 aliphatic heterocycles. The van der Waals surface area contributed by atoms with Gasteiger partial charge in [0.25, 0.3) is 5.91 Å². The fraction of sp³-hybridized carbons (Fsp3) is 0.0323. The van der Waals surface area contributed by atoms with E-state index in [1.165, 1.54) is 6.21 Å². The molecule has 5 rings (SSSR count). The number of nitrogens with one attached hydrogen (secondary N) is 1. The zero-order valence-electron chi connectivity index (χ0n) is 21.1. The number of hydrazone groups is 1. The molecule has 0 fully saturated rings. The Balaban J connectivity index is 1.33. The van der Waals surface area contributed by atoms with Crippen molar-refractivity contribution in [1.29, 1.82) is 0 Å². The summed E-state index contributed by atoms with van der Waals surface area (Å²) in [4.78, 5) is 30.4. The number of hydrogen-bond acceptors (Lipinski definition) is 6. The topological polar surface area (TPSA) is 89.9 Å². The number of fused-ring (bicyclic) bond motifs is 1. The first-order valence-electron chi connectivity index (χ1n) is 12.1. The van der Waals surface area contributed by atoms with Crippen LogP contribution in [0.4, 0.5) is 0 Å². The summed E-state index contributed by atoms with van der Waals surface area (Å²) in [5, 5.41) is 4.78. The molecule has 0 atom stereocenters. The Bertz CT molecular complexity index is 1740. The second-order valence-corrected chi connectivity index (χ2v) is 10.4. The lowest BCUT2D eigenvalue weighted by molar-refractivity contribution is 0.0733. The van der Waals surface area contributed by atoms with Crippen molar-refractivity contribution in [3.05, 3.63) is 123 Å². The lowest BCUT2D eigenvalue weighted by Crippen LogP contribution is -2.18. The average molecular weight is 659 g/mol. The third-order valence-electron chi connectivity index (χ3n) is 5.96. The number of halogens is 2. The van der Waals surface area contributed by atoms with Crippen molar-refractivity contribution in [3.8, 4) is 22.8 Å². The molecule has 0 aliphatic rings. The van der Waals surface area contributed by atoms with Gasteiger partial charge in [0.15, 0.2) is 0 Å². The van der Waals surface area contributed by atoms with Crippen molar-refractivity contribution >= 4 is 60.9 Å². The van der Waals surface area contributed by atoms with Gasteiger partial charge in [0.1, 0.15) is 11.5 Å². The first kappa shape index (κ1) is 27.2. The van der Waals surface area contributed by atoms with Gasteiger partial charge in [-0.3, -0.25) is 4.79 Å². The molecule has 0 saturated heterocycles. The molecule has 9 heteroatoms. The van der Waals surface area contributed by atoms with E-state index >= 15 is 0 Å². The van der Waals surface area contributed by atoms with Crippen molar-refractivity contribution in [2.45, 2.75) is 0 Å². The second kappa shape index (κ2) is 12.2. The number of benzene rings is 4. The van der Waals surface area contributed by atoms with Crippen LogP contribution in [0.1, 0.15) is 26.3 Å². The van der Waals surface area contributed by atoms with Gasteiger partial charge in [0.2, 0.25) is 0 Å². The number of carbonyl (C=O) groups is 2. The maximum atomic E-state index is 13.3. The number of rotatable bonds is 7. The number of methoxy groups -OCH3 is 1. The molecule has 40 heavy (non-hydrogen) atoms. The summed E-state index contributed by atoms with van der Waals surface area (Å²) in [5.74, 6) is 0.141. The second-order valence-electron chi connectivity index (χ2n) is 8.58. The zero-order valence-corrected chi connectivity index (χ0v) is 24.3. The molecule has 1 heterocycles. The van der Waals surface area contributed by atoms with E-state index in [0.717, 1.165) is 10.0 Å². The average Bonchev–Trinajstić information content (AvgIpc) is 2.97. The van der Waals surface area contributed by atoms with Crippen molar-refractivity contribution < 1.29 is 19.1 Å². The third-order valence-corrected chi connectivity index (χ3v) is 7.18. The molecule has 0 saturated carbocycles. The smallest absolute Gasteiger partial charge is 0.344 e. The minimum absolute atomic E-state index is 0.389. The van der Waals surface area contributed by atoms with Gasteiger partial charge in [-0.05, 0) is 94.3 Å². The fourth-order valence-corrected chi connectivity index (χ4v) is 4.64. The van der Waals surface area contributed by atoms with Gasteiger partial charge in [-0.2, -0.15) is 5.10 Å². The van der Waals surface area contributed by atoms with Crippen molar-refractivity contribution in [2.24, 2.45) is 5.10 Å². The molecule has 198 valence electrons. The number of ether oxygens (including phenoxy) is 2. The Morgan fingerprint density at radius 1 is 0.850 bits per heavy atom. The SMILES string of the molecule is COc1ccc2nc(-c3ccc(Br)cc3)cc(C(=O)NN=Cc3ccc(OC(=O)c4ccccc4Br)cc3)c2c1. The Labute approximate surface area is 247 Å². The standard InChI is InChI=1S/C31H21Br2N3O4/c1-39-23-14-15-28-25(16-23)26(17-29(35-28)20-8-10-21(32)11-9-20)30(37)36-34-18-19-6-12-22(13-7-19)40-31(38)24-4-2-3-5-27(24)33/h2-18H,1H3,(H,36,37). The minimum atomic E-state index is -0.468. The summed E-state index contributed by atoms with van der Waals surface area (Å²) in [5.41, 5.74) is 6.34. The largest absolute Gasteiger partial charge is 0.497 e. The van der Waals surface area contributed by atoms with Crippen molar-refractivity contribution in [3.63, 3.8) is 0 Å². The summed E-state index contributed by atoms with van der Waals surface area (Å²) in [6, 6.07) is 28.7. The first-order chi connectivity index (χ1) is 19.4. The van der Waals surface area contributed by atoms with Gasteiger partial charge >= 0.3 is 5.97 Å². The lowest BCUT2D eigenvalue weighted by Gasteiger charge is -2.10. The van der Waals surface area contributed by atoms with Gasteiger partial charge in [0, 0.05) is 19.9 Å². The number of aromatic nitrogens is 1. The minimum Gasteiger partial charge on any atom is -0.497 e. The Morgan fingerprint density at radius 2 is 1.57 bits per heavy atom. The normalized spacial score (nSPS) is 11.0. The maximum Gasteiger partial charge on any atom is 0.344 e. The highest BCUT2D eigenvalue weighted by Crippen LogP contribution is 2.28. The highest BCUT2D eigenvalue weighted by atomic mass is 79.9. The fourth-order valence-electron chi connectivity index (χ4n) is 3.92. The van der Waals surface area contributed by atoms with Crippen LogP contribution in [0.15, 0.2) is 111 Å². The van der Waals surface area contributed by atoms with E-state index in [2.05, 4.69) is 42.4 Å². The van der Waals surface area contributed by atoms with E-state index in [9.17, 15) is 9.59 Å². The molecule has 5 aromatic rings. The van der Waals surface area contributed by atoms with Crippen LogP contribution in [-0.4, -0.2) is 30.2 Å². The van der Waals surface area contributed by atoms with Gasteiger partial charge in [-0.15, -0.1) is 0 Å². The van der Waals surface area contributed by atoms with Crippen molar-refractivity contribution in [2.75, 3.05) is 7.11 Å². The predicted octanol–water partition coefficient (Wildman–Crippen LogP) is 7.42. The number of amides is 1. The quantitative estimate of drug-likeness (QED) is 0.0851. The third kappa shape index (κ3) is 6.27. The lowest BCUT2D eigenvalue weighted by atomic mass is 10.0. The molecule has 0 spiro atoms. The predicted molar refractivity (Wildman–Crippen MR) is 162 cm³/mol. The molecule has 7 nitrogen and oxygen atoms in total. The van der Waals surface area contributed by atoms with Gasteiger partial charge in [-0.25, -0.2) is 15.2 Å². The van der Waals surface area contributed by atoms with E-state index in [1.807, 2.05) is 36.4 Å². The summed E-state index contributed by atoms with van der Waals surface area (Å²) in [6.45, 7) is 0. The van der Waals surface area contributed by atoms with Crippen molar-refractivity contribution in [1.82, 2.24) is 10.4 Å². The van der Waals surface area contributed by atoms with E-state index in [4.69, 9.17) is 14.5 Å². The Hall–Kier alpha value is -4.34. The molecule has 0 bridgehead atoms. The van der Waals surface area contributed by atoms with Crippen LogP contribution >= 0.6 is 31.9 Å². The number of carbonyl (C=O) groups excluding carboxylic acids is 2. The molecule has 0 aliphatic carbocycles. The van der Waals surface area contributed by atoms with Crippen LogP contribution in [0.25, 0.3) is 22.2 Å². The number of hydrogen-bond donors (Lipinski definition) is 1. The zero-order chi connectivity index (χ0) is 28.1. The first-order valence-corrected chi connectivity index (χ1v) is 13.6. The molecule has 0 radical (unpaired) electrons. The maximum absolute atomic E-state index is 13.3. The molecule has 1 amide bonds. The van der Waals surface area contributed by atoms with Crippen LogP contribution in [0, 0.1) is 0 Å². The van der Waals surface area contributed by atoms with Crippen LogP contribution in [0.5, 0.6) is 11.5 Å². The Morgan fingerprint density at radius 3 is 2.30 bits per heavy atom. The van der Waals surface area contributed by atoms with Crippen LogP contribution in [0.2, 0.25) is 0 Å². The summed E-state index contributed by atoms with van der Waals surface area (Å²) in [7, 11) is 1.57. The number of nitrogens with zero attached hydrogens (tertiary/aromatic N) is 2. The monoisotopic (exact) mass is 657 g/mol. The van der Waals surface area contributed by atoms with Crippen LogP contribution in [0.3, 0.4) is 0 Å². The molecule has 1 N–H and O–H groups in total. The highest BCUT2D eigenvalue weighted by Gasteiger charge is 2.15. The Kier molecular flexibility index (Phi) is 8.33. The molecular formula is C31H21Br2N3O4. The van der Waals surface area contributed by atoms with E-state index < -0.39 is 11.9 Å². The van der Waals surface area contributed by atoms with Gasteiger partial charge in [0.05, 0.1) is 35.7 Å². The summed E-state index contributed by atoms with van der Waals surface area (Å²) in [6.07, 6.45) is 1.51. The van der Waals surface area contributed by atoms with E-state index in [-0.39, 0.29) is 0 Å². The van der Waals surface area contributed by atoms with Crippen LogP contribution in [-0.2, 0) is 0 Å². The number of esters is 1. The highest BCUT2D eigenvalue weighted by molar-refractivity contribution is 9.10. The van der Waals surface area contributed by atoms with E-state index in [0.29, 0.717) is 49.3 Å². The summed E-state index contributed by atoms with van der Waals surface area (Å²) >= 11 is 6.80. The number of pyridine rings is 1.